The molecule has 0 saturated heterocycles. The van der Waals surface area contributed by atoms with Crippen LogP contribution in [0.4, 0.5) is 5.69 Å². The number of nitrogen functional groups attached to an aromatic ring is 1. The van der Waals surface area contributed by atoms with Crippen LogP contribution in [0.3, 0.4) is 0 Å². The molecule has 0 aliphatic rings. The van der Waals surface area contributed by atoms with Crippen LogP contribution in [0.15, 0.2) is 52.2 Å². The molecular weight excluding hydrogens is 308 g/mol. The zero-order valence-corrected chi connectivity index (χ0v) is 12.4. The van der Waals surface area contributed by atoms with Crippen LogP contribution < -0.4 is 11.3 Å². The van der Waals surface area contributed by atoms with Gasteiger partial charge in [-0.1, -0.05) is 40.7 Å². The van der Waals surface area contributed by atoms with Gasteiger partial charge < -0.3 is 5.73 Å². The third-order valence-electron chi connectivity index (χ3n) is 2.94. The Labute approximate surface area is 129 Å². The smallest absolute Gasteiger partial charge is 0.278 e. The molecule has 2 N–H and O–H groups in total. The minimum Gasteiger partial charge on any atom is -0.398 e. The van der Waals surface area contributed by atoms with E-state index in [1.807, 2.05) is 12.1 Å². The number of benzene rings is 2. The SMILES string of the molecule is Nc1cc(Cl)ccc1SCn1nnc2ccccc2c1=O. The number of aromatic nitrogens is 3. The van der Waals surface area contributed by atoms with Gasteiger partial charge in [0.25, 0.3) is 5.56 Å². The van der Waals surface area contributed by atoms with Crippen LogP contribution in [-0.2, 0) is 5.88 Å². The maximum atomic E-state index is 12.3. The molecule has 7 heteroatoms. The largest absolute Gasteiger partial charge is 0.398 e. The number of halogens is 1. The summed E-state index contributed by atoms with van der Waals surface area (Å²) in [7, 11) is 0. The topological polar surface area (TPSA) is 73.8 Å². The van der Waals surface area contributed by atoms with E-state index in [1.54, 1.807) is 30.3 Å². The fraction of sp³-hybridized carbons (Fsp3) is 0.0714. The number of nitrogens with two attached hydrogens (primary N) is 1. The highest BCUT2D eigenvalue weighted by molar-refractivity contribution is 7.98. The Hall–Kier alpha value is -2.05. The van der Waals surface area contributed by atoms with E-state index in [0.717, 1.165) is 4.90 Å². The van der Waals surface area contributed by atoms with Crippen LogP contribution in [0.2, 0.25) is 5.02 Å². The van der Waals surface area contributed by atoms with Gasteiger partial charge in [0.1, 0.15) is 5.52 Å². The van der Waals surface area contributed by atoms with Crippen molar-refractivity contribution >= 4 is 40.0 Å². The van der Waals surface area contributed by atoms with Gasteiger partial charge in [0.2, 0.25) is 0 Å². The molecule has 21 heavy (non-hydrogen) atoms. The molecule has 0 bridgehead atoms. The Balaban J connectivity index is 1.88. The second-order valence-corrected chi connectivity index (χ2v) is 5.79. The molecule has 0 spiro atoms. The molecular formula is C14H11ClN4OS. The van der Waals surface area contributed by atoms with Gasteiger partial charge >= 0.3 is 0 Å². The maximum absolute atomic E-state index is 12.3. The van der Waals surface area contributed by atoms with Crippen molar-refractivity contribution in [2.24, 2.45) is 0 Å². The van der Waals surface area contributed by atoms with Crippen molar-refractivity contribution in [2.45, 2.75) is 10.8 Å². The number of hydrogen-bond donors (Lipinski definition) is 1. The Morgan fingerprint density at radius 1 is 1.24 bits per heavy atom. The third-order valence-corrected chi connectivity index (χ3v) is 4.24. The van der Waals surface area contributed by atoms with Crippen LogP contribution in [-0.4, -0.2) is 15.0 Å². The summed E-state index contributed by atoms with van der Waals surface area (Å²) in [5.74, 6) is 0.336. The summed E-state index contributed by atoms with van der Waals surface area (Å²) in [6.07, 6.45) is 0. The van der Waals surface area contributed by atoms with E-state index < -0.39 is 0 Å². The van der Waals surface area contributed by atoms with Crippen LogP contribution in [0.5, 0.6) is 0 Å². The average molecular weight is 319 g/mol. The molecule has 0 unspecified atom stereocenters. The van der Waals surface area contributed by atoms with Crippen molar-refractivity contribution in [1.29, 1.82) is 0 Å². The van der Waals surface area contributed by atoms with Crippen LogP contribution in [0.1, 0.15) is 0 Å². The predicted molar refractivity (Wildman–Crippen MR) is 85.5 cm³/mol. The predicted octanol–water partition coefficient (Wildman–Crippen LogP) is 2.78. The molecule has 106 valence electrons. The summed E-state index contributed by atoms with van der Waals surface area (Å²) in [6.45, 7) is 0. The number of thioether (sulfide) groups is 1. The molecule has 3 rings (SSSR count). The van der Waals surface area contributed by atoms with Crippen molar-refractivity contribution in [1.82, 2.24) is 15.0 Å². The van der Waals surface area contributed by atoms with Crippen molar-refractivity contribution in [3.8, 4) is 0 Å². The molecule has 0 aliphatic carbocycles. The molecule has 1 aromatic heterocycles. The number of anilines is 1. The molecule has 3 aromatic rings. The maximum Gasteiger partial charge on any atom is 0.278 e. The van der Waals surface area contributed by atoms with Crippen LogP contribution in [0.25, 0.3) is 10.9 Å². The summed E-state index contributed by atoms with van der Waals surface area (Å²) < 4.78 is 1.32. The van der Waals surface area contributed by atoms with Crippen LogP contribution in [0, 0.1) is 0 Å². The van der Waals surface area contributed by atoms with E-state index in [0.29, 0.717) is 27.5 Å². The van der Waals surface area contributed by atoms with Gasteiger partial charge in [-0.05, 0) is 30.3 Å². The van der Waals surface area contributed by atoms with Gasteiger partial charge in [-0.15, -0.1) is 5.10 Å². The number of nitrogens with zero attached hydrogens (tertiary/aromatic N) is 3. The van der Waals surface area contributed by atoms with Gasteiger partial charge in [-0.25, -0.2) is 4.68 Å². The zero-order valence-electron chi connectivity index (χ0n) is 10.9. The van der Waals surface area contributed by atoms with E-state index in [2.05, 4.69) is 10.3 Å². The van der Waals surface area contributed by atoms with E-state index in [4.69, 9.17) is 17.3 Å². The molecule has 1 heterocycles. The fourth-order valence-corrected chi connectivity index (χ4v) is 2.89. The highest BCUT2D eigenvalue weighted by Gasteiger charge is 2.07. The molecule has 0 fully saturated rings. The summed E-state index contributed by atoms with van der Waals surface area (Å²) in [5, 5.41) is 9.11. The van der Waals surface area contributed by atoms with E-state index in [9.17, 15) is 4.79 Å². The Morgan fingerprint density at radius 3 is 2.86 bits per heavy atom. The number of fused-ring (bicyclic) bond motifs is 1. The summed E-state index contributed by atoms with van der Waals surface area (Å²) in [5.41, 5.74) is 6.89. The second-order valence-electron chi connectivity index (χ2n) is 4.37. The van der Waals surface area contributed by atoms with Crippen molar-refractivity contribution in [3.05, 3.63) is 57.8 Å². The molecule has 0 atom stereocenters. The molecule has 2 aromatic carbocycles. The molecule has 0 radical (unpaired) electrons. The molecule has 0 aliphatic heterocycles. The lowest BCUT2D eigenvalue weighted by atomic mass is 10.2. The fourth-order valence-electron chi connectivity index (χ4n) is 1.89. The lowest BCUT2D eigenvalue weighted by molar-refractivity contribution is 0.645. The first-order valence-corrected chi connectivity index (χ1v) is 7.52. The standard InChI is InChI=1S/C14H11ClN4OS/c15-9-5-6-13(11(16)7-9)21-8-19-14(20)10-3-1-2-4-12(10)17-18-19/h1-7H,8,16H2. The highest BCUT2D eigenvalue weighted by atomic mass is 35.5. The Kier molecular flexibility index (Phi) is 3.81. The van der Waals surface area contributed by atoms with E-state index in [1.165, 1.54) is 16.4 Å². The third kappa shape index (κ3) is 2.86. The Bertz CT molecular complexity index is 865. The highest BCUT2D eigenvalue weighted by Crippen LogP contribution is 2.28. The molecule has 0 amide bonds. The van der Waals surface area contributed by atoms with Gasteiger partial charge in [0.15, 0.2) is 0 Å². The van der Waals surface area contributed by atoms with Crippen LogP contribution >= 0.6 is 23.4 Å². The number of hydrogen-bond acceptors (Lipinski definition) is 5. The van der Waals surface area contributed by atoms with Gasteiger partial charge in [-0.2, -0.15) is 0 Å². The molecule has 0 saturated carbocycles. The first-order chi connectivity index (χ1) is 10.1. The lowest BCUT2D eigenvalue weighted by Gasteiger charge is -2.07. The van der Waals surface area contributed by atoms with Gasteiger partial charge in [0, 0.05) is 15.6 Å². The summed E-state index contributed by atoms with van der Waals surface area (Å²) >= 11 is 7.27. The first kappa shape index (κ1) is 13.9. The van der Waals surface area contributed by atoms with Gasteiger partial charge in [-0.3, -0.25) is 4.79 Å². The minimum absolute atomic E-state index is 0.166. The lowest BCUT2D eigenvalue weighted by Crippen LogP contribution is -2.23. The summed E-state index contributed by atoms with van der Waals surface area (Å²) in [6, 6.07) is 12.4. The van der Waals surface area contributed by atoms with Crippen molar-refractivity contribution in [2.75, 3.05) is 5.73 Å². The monoisotopic (exact) mass is 318 g/mol. The first-order valence-electron chi connectivity index (χ1n) is 6.15. The number of rotatable bonds is 3. The van der Waals surface area contributed by atoms with E-state index >= 15 is 0 Å². The minimum atomic E-state index is -0.166. The normalized spacial score (nSPS) is 10.9. The summed E-state index contributed by atoms with van der Waals surface area (Å²) in [4.78, 5) is 13.1. The average Bonchev–Trinajstić information content (AvgIpc) is 2.48. The zero-order chi connectivity index (χ0) is 14.8. The van der Waals surface area contributed by atoms with Crippen molar-refractivity contribution in [3.63, 3.8) is 0 Å². The van der Waals surface area contributed by atoms with Gasteiger partial charge in [0.05, 0.1) is 11.3 Å². The second kappa shape index (κ2) is 5.75. The van der Waals surface area contributed by atoms with Crippen molar-refractivity contribution < 1.29 is 0 Å². The quantitative estimate of drug-likeness (QED) is 0.594. The molecule has 5 nitrogen and oxygen atoms in total. The van der Waals surface area contributed by atoms with E-state index in [-0.39, 0.29) is 5.56 Å². The Morgan fingerprint density at radius 2 is 2.05 bits per heavy atom.